The number of rotatable bonds is 4. The molecule has 0 unspecified atom stereocenters. The van der Waals surface area contributed by atoms with Gasteiger partial charge in [0.1, 0.15) is 0 Å². The van der Waals surface area contributed by atoms with E-state index in [4.69, 9.17) is 0 Å². The van der Waals surface area contributed by atoms with Crippen molar-refractivity contribution in [3.8, 4) is 0 Å². The Labute approximate surface area is 173 Å². The predicted octanol–water partition coefficient (Wildman–Crippen LogP) is 3.42. The van der Waals surface area contributed by atoms with Gasteiger partial charge in [-0.3, -0.25) is 9.13 Å². The number of halogens is 1. The summed E-state index contributed by atoms with van der Waals surface area (Å²) < 4.78 is 31.7. The summed E-state index contributed by atoms with van der Waals surface area (Å²) in [5.41, 5.74) is 3.13. The van der Waals surface area contributed by atoms with Gasteiger partial charge in [-0.05, 0) is 44.6 Å². The smallest absolute Gasteiger partial charge is 0.295 e. The first-order valence-corrected chi connectivity index (χ1v) is 11.1. The molecule has 0 saturated carbocycles. The highest BCUT2D eigenvalue weighted by Gasteiger charge is 2.21. The average Bonchev–Trinajstić information content (AvgIpc) is 2.83. The van der Waals surface area contributed by atoms with Crippen molar-refractivity contribution in [2.45, 2.75) is 37.6 Å². The summed E-state index contributed by atoms with van der Waals surface area (Å²) in [5, 5.41) is 0. The number of hydrogen-bond donors (Lipinski definition) is 1. The Morgan fingerprint density at radius 3 is 2.07 bits per heavy atom. The molecule has 0 aliphatic carbocycles. The molecule has 150 valence electrons. The first-order valence-electron chi connectivity index (χ1n) is 8.86. The van der Waals surface area contributed by atoms with Gasteiger partial charge in [-0.1, -0.05) is 45.0 Å². The summed E-state index contributed by atoms with van der Waals surface area (Å²) in [6.07, 6.45) is 0. The number of imidazole rings is 1. The number of benzene rings is 2. The van der Waals surface area contributed by atoms with Crippen molar-refractivity contribution in [1.82, 2.24) is 13.9 Å². The summed E-state index contributed by atoms with van der Waals surface area (Å²) in [6, 6.07) is 11.1. The van der Waals surface area contributed by atoms with Crippen LogP contribution in [0.15, 0.2) is 50.6 Å². The minimum atomic E-state index is -3.76. The van der Waals surface area contributed by atoms with Gasteiger partial charge in [-0.2, -0.15) is 0 Å². The zero-order chi connectivity index (χ0) is 20.9. The molecule has 0 aliphatic heterocycles. The number of nitrogens with one attached hydrogen (secondary N) is 1. The van der Waals surface area contributed by atoms with Crippen LogP contribution in [0, 0.1) is 0 Å². The summed E-state index contributed by atoms with van der Waals surface area (Å²) in [4.78, 5) is 12.2. The molecule has 6 nitrogen and oxygen atoms in total. The lowest BCUT2D eigenvalue weighted by Crippen LogP contribution is -2.24. The van der Waals surface area contributed by atoms with Crippen molar-refractivity contribution in [1.29, 1.82) is 0 Å². The fourth-order valence-corrected chi connectivity index (χ4v) is 5.15. The van der Waals surface area contributed by atoms with Crippen LogP contribution in [0.3, 0.4) is 0 Å². The Morgan fingerprint density at radius 2 is 1.54 bits per heavy atom. The fourth-order valence-electron chi connectivity index (χ4n) is 3.09. The second-order valence-electron chi connectivity index (χ2n) is 7.94. The Balaban J connectivity index is 1.90. The second kappa shape index (κ2) is 7.17. The zero-order valence-electron chi connectivity index (χ0n) is 16.6. The van der Waals surface area contributed by atoms with E-state index >= 15 is 0 Å². The Bertz CT molecular complexity index is 1200. The van der Waals surface area contributed by atoms with Gasteiger partial charge in [-0.15, -0.1) is 0 Å². The maximum Gasteiger partial charge on any atom is 0.328 e. The molecule has 1 heterocycles. The lowest BCUT2D eigenvalue weighted by atomic mass is 9.87. The third-order valence-electron chi connectivity index (χ3n) is 4.90. The number of sulfonamides is 1. The van der Waals surface area contributed by atoms with E-state index in [2.05, 4.69) is 41.4 Å². The van der Waals surface area contributed by atoms with E-state index in [0.717, 1.165) is 5.56 Å². The van der Waals surface area contributed by atoms with Crippen molar-refractivity contribution < 1.29 is 8.42 Å². The van der Waals surface area contributed by atoms with Crippen molar-refractivity contribution >= 4 is 37.0 Å². The Morgan fingerprint density at radius 1 is 1.00 bits per heavy atom. The monoisotopic (exact) mass is 465 g/mol. The highest BCUT2D eigenvalue weighted by atomic mass is 79.9. The van der Waals surface area contributed by atoms with Crippen molar-refractivity contribution in [2.75, 3.05) is 0 Å². The maximum absolute atomic E-state index is 12.9. The lowest BCUT2D eigenvalue weighted by Gasteiger charge is -2.19. The molecule has 0 atom stereocenters. The van der Waals surface area contributed by atoms with E-state index in [1.54, 1.807) is 20.2 Å². The van der Waals surface area contributed by atoms with Crippen LogP contribution < -0.4 is 10.4 Å². The maximum atomic E-state index is 12.9. The SMILES string of the molecule is Cn1c(=O)n(C)c2cc(S(=O)(=O)NCc3ccc(C(C)(C)C)cc3)c(Br)cc21. The van der Waals surface area contributed by atoms with Gasteiger partial charge < -0.3 is 0 Å². The van der Waals surface area contributed by atoms with Crippen LogP contribution in [0.5, 0.6) is 0 Å². The number of hydrogen-bond acceptors (Lipinski definition) is 3. The standard InChI is InChI=1S/C20H24BrN3O3S/c1-20(2,3)14-8-6-13(7-9-14)12-22-28(26,27)18-11-17-16(10-15(18)21)23(4)19(25)24(17)5/h6-11,22H,12H2,1-5H3. The largest absolute Gasteiger partial charge is 0.328 e. The van der Waals surface area contributed by atoms with Gasteiger partial charge in [0.2, 0.25) is 10.0 Å². The van der Waals surface area contributed by atoms with Gasteiger partial charge in [-0.25, -0.2) is 17.9 Å². The normalized spacial score (nSPS) is 12.6. The third kappa shape index (κ3) is 3.81. The predicted molar refractivity (Wildman–Crippen MR) is 115 cm³/mol. The van der Waals surface area contributed by atoms with Gasteiger partial charge in [0.25, 0.3) is 0 Å². The van der Waals surface area contributed by atoms with Crippen LogP contribution in [-0.2, 0) is 36.1 Å². The summed E-state index contributed by atoms with van der Waals surface area (Å²) in [6.45, 7) is 6.59. The van der Waals surface area contributed by atoms with Gasteiger partial charge in [0, 0.05) is 25.1 Å². The minimum Gasteiger partial charge on any atom is -0.295 e. The van der Waals surface area contributed by atoms with Crippen molar-refractivity contribution in [2.24, 2.45) is 14.1 Å². The molecule has 0 amide bonds. The summed E-state index contributed by atoms with van der Waals surface area (Å²) in [7, 11) is -0.479. The van der Waals surface area contributed by atoms with Gasteiger partial charge in [0.15, 0.2) is 0 Å². The van der Waals surface area contributed by atoms with Crippen LogP contribution >= 0.6 is 15.9 Å². The lowest BCUT2D eigenvalue weighted by molar-refractivity contribution is 0.580. The fraction of sp³-hybridized carbons (Fsp3) is 0.350. The molecule has 0 bridgehead atoms. The number of nitrogens with zero attached hydrogens (tertiary/aromatic N) is 2. The van der Waals surface area contributed by atoms with Gasteiger partial charge in [0.05, 0.1) is 15.9 Å². The molecule has 28 heavy (non-hydrogen) atoms. The number of aromatic nitrogens is 2. The highest BCUT2D eigenvalue weighted by molar-refractivity contribution is 9.10. The van der Waals surface area contributed by atoms with E-state index < -0.39 is 10.0 Å². The molecule has 8 heteroatoms. The van der Waals surface area contributed by atoms with Crippen molar-refractivity contribution in [3.63, 3.8) is 0 Å². The third-order valence-corrected chi connectivity index (χ3v) is 7.26. The van der Waals surface area contributed by atoms with E-state index in [1.165, 1.54) is 20.8 Å². The Hall–Kier alpha value is -1.90. The molecule has 3 rings (SSSR count). The molecule has 0 spiro atoms. The molecule has 2 aromatic carbocycles. The molecular formula is C20H24BrN3O3S. The summed E-state index contributed by atoms with van der Waals surface area (Å²) >= 11 is 3.34. The topological polar surface area (TPSA) is 73.1 Å². The molecular weight excluding hydrogens is 442 g/mol. The van der Waals surface area contributed by atoms with Crippen LogP contribution in [0.2, 0.25) is 0 Å². The van der Waals surface area contributed by atoms with Crippen molar-refractivity contribution in [3.05, 3.63) is 62.5 Å². The minimum absolute atomic E-state index is 0.0456. The molecule has 0 radical (unpaired) electrons. The molecule has 0 saturated heterocycles. The molecule has 0 aliphatic rings. The van der Waals surface area contributed by atoms with E-state index in [0.29, 0.717) is 15.5 Å². The molecule has 1 N–H and O–H groups in total. The van der Waals surface area contributed by atoms with Crippen LogP contribution in [0.4, 0.5) is 0 Å². The number of fused-ring (bicyclic) bond motifs is 1. The Kier molecular flexibility index (Phi) is 5.33. The number of aryl methyl sites for hydroxylation is 2. The summed E-state index contributed by atoms with van der Waals surface area (Å²) in [5.74, 6) is 0. The molecule has 0 fully saturated rings. The van der Waals surface area contributed by atoms with Crippen LogP contribution in [0.25, 0.3) is 11.0 Å². The first kappa shape index (κ1) is 20.8. The van der Waals surface area contributed by atoms with E-state index in [1.807, 2.05) is 24.3 Å². The molecule has 3 aromatic rings. The van der Waals surface area contributed by atoms with Gasteiger partial charge >= 0.3 is 5.69 Å². The first-order chi connectivity index (χ1) is 12.9. The quantitative estimate of drug-likeness (QED) is 0.641. The zero-order valence-corrected chi connectivity index (χ0v) is 19.0. The average molecular weight is 466 g/mol. The van der Waals surface area contributed by atoms with Crippen LogP contribution in [-0.4, -0.2) is 17.6 Å². The van der Waals surface area contributed by atoms with E-state index in [9.17, 15) is 13.2 Å². The second-order valence-corrected chi connectivity index (χ2v) is 10.5. The highest BCUT2D eigenvalue weighted by Crippen LogP contribution is 2.27. The van der Waals surface area contributed by atoms with E-state index in [-0.39, 0.29) is 22.5 Å². The van der Waals surface area contributed by atoms with Crippen LogP contribution in [0.1, 0.15) is 31.9 Å². The molecule has 1 aromatic heterocycles.